The third-order valence-electron chi connectivity index (χ3n) is 5.23. The largest absolute Gasteiger partial charge is 0.338 e. The zero-order valence-electron chi connectivity index (χ0n) is 16.1. The van der Waals surface area contributed by atoms with Gasteiger partial charge in [0.05, 0.1) is 11.2 Å². The van der Waals surface area contributed by atoms with Crippen LogP contribution in [0.4, 0.5) is 4.79 Å². The number of hydrogen-bond donors (Lipinski definition) is 1. The molecule has 146 valence electrons. The molecule has 0 saturated carbocycles. The number of nitrogens with zero attached hydrogens (tertiary/aromatic N) is 4. The average molecular weight is 377 g/mol. The summed E-state index contributed by atoms with van der Waals surface area (Å²) >= 11 is 0. The van der Waals surface area contributed by atoms with Crippen molar-refractivity contribution >= 4 is 11.5 Å². The van der Waals surface area contributed by atoms with Crippen LogP contribution in [-0.4, -0.2) is 58.2 Å². The highest BCUT2D eigenvalue weighted by atomic mass is 16.2. The molecule has 1 fully saturated rings. The number of amides is 2. The van der Waals surface area contributed by atoms with E-state index < -0.39 is 0 Å². The Morgan fingerprint density at radius 2 is 1.79 bits per heavy atom. The lowest BCUT2D eigenvalue weighted by atomic mass is 10.1. The first kappa shape index (κ1) is 18.5. The van der Waals surface area contributed by atoms with Crippen molar-refractivity contribution in [2.75, 3.05) is 32.7 Å². The van der Waals surface area contributed by atoms with E-state index in [0.29, 0.717) is 0 Å². The van der Waals surface area contributed by atoms with Gasteiger partial charge in [-0.25, -0.2) is 9.31 Å². The molecule has 4 rings (SSSR count). The molecule has 1 saturated heterocycles. The Labute approximate surface area is 165 Å². The Hall–Kier alpha value is -2.86. The van der Waals surface area contributed by atoms with E-state index in [9.17, 15) is 4.79 Å². The van der Waals surface area contributed by atoms with Gasteiger partial charge >= 0.3 is 6.03 Å². The number of nitrogens with one attached hydrogen (secondary N) is 1. The summed E-state index contributed by atoms with van der Waals surface area (Å²) in [4.78, 5) is 16.7. The monoisotopic (exact) mass is 377 g/mol. The van der Waals surface area contributed by atoms with Crippen LogP contribution in [0.15, 0.2) is 60.8 Å². The Morgan fingerprint density at radius 3 is 2.57 bits per heavy atom. The number of rotatable bonds is 6. The highest BCUT2D eigenvalue weighted by Crippen LogP contribution is 2.11. The highest BCUT2D eigenvalue weighted by molar-refractivity contribution is 5.74. The molecule has 2 amide bonds. The molecular weight excluding hydrogens is 350 g/mol. The van der Waals surface area contributed by atoms with Gasteiger partial charge in [0.15, 0.2) is 0 Å². The molecule has 0 bridgehead atoms. The number of pyridine rings is 1. The van der Waals surface area contributed by atoms with Crippen LogP contribution in [0.1, 0.15) is 17.7 Å². The maximum atomic E-state index is 12.4. The van der Waals surface area contributed by atoms with Crippen LogP contribution >= 0.6 is 0 Å². The SMILES string of the molecule is O=C(NCCCc1ccccc1)N1CCN(Cc2cc3ccccn3n2)CC1. The van der Waals surface area contributed by atoms with Crippen molar-refractivity contribution in [2.45, 2.75) is 19.4 Å². The lowest BCUT2D eigenvalue weighted by Gasteiger charge is -2.34. The van der Waals surface area contributed by atoms with Gasteiger partial charge in [0, 0.05) is 45.5 Å². The molecule has 1 aromatic carbocycles. The lowest BCUT2D eigenvalue weighted by Crippen LogP contribution is -2.51. The number of hydrogen-bond acceptors (Lipinski definition) is 3. The number of urea groups is 1. The second-order valence-corrected chi connectivity index (χ2v) is 7.29. The van der Waals surface area contributed by atoms with E-state index in [4.69, 9.17) is 0 Å². The Bertz CT molecular complexity index is 866. The molecular formula is C22H27N5O. The van der Waals surface area contributed by atoms with Crippen molar-refractivity contribution in [1.82, 2.24) is 24.7 Å². The maximum absolute atomic E-state index is 12.4. The fraction of sp³-hybridized carbons (Fsp3) is 0.364. The Morgan fingerprint density at radius 1 is 1.00 bits per heavy atom. The zero-order chi connectivity index (χ0) is 19.2. The van der Waals surface area contributed by atoms with Crippen LogP contribution in [-0.2, 0) is 13.0 Å². The van der Waals surface area contributed by atoms with Crippen molar-refractivity contribution in [3.8, 4) is 0 Å². The predicted octanol–water partition coefficient (Wildman–Crippen LogP) is 2.79. The van der Waals surface area contributed by atoms with Crippen LogP contribution in [0.2, 0.25) is 0 Å². The van der Waals surface area contributed by atoms with E-state index in [0.717, 1.165) is 63.3 Å². The van der Waals surface area contributed by atoms with Gasteiger partial charge in [-0.3, -0.25) is 4.90 Å². The van der Waals surface area contributed by atoms with E-state index in [-0.39, 0.29) is 6.03 Å². The zero-order valence-corrected chi connectivity index (χ0v) is 16.1. The molecule has 1 N–H and O–H groups in total. The molecule has 3 aromatic rings. The fourth-order valence-electron chi connectivity index (χ4n) is 3.65. The van der Waals surface area contributed by atoms with Crippen LogP contribution in [0.25, 0.3) is 5.52 Å². The van der Waals surface area contributed by atoms with E-state index in [1.807, 2.05) is 33.8 Å². The van der Waals surface area contributed by atoms with Gasteiger partial charge in [-0.15, -0.1) is 0 Å². The van der Waals surface area contributed by atoms with E-state index >= 15 is 0 Å². The first-order valence-corrected chi connectivity index (χ1v) is 10.0. The molecule has 28 heavy (non-hydrogen) atoms. The molecule has 1 aliphatic rings. The minimum absolute atomic E-state index is 0.0560. The molecule has 3 heterocycles. The number of carbonyl (C=O) groups is 1. The number of fused-ring (bicyclic) bond motifs is 1. The van der Waals surface area contributed by atoms with E-state index in [2.05, 4.69) is 51.7 Å². The molecule has 2 aromatic heterocycles. The maximum Gasteiger partial charge on any atom is 0.317 e. The molecule has 6 heteroatoms. The summed E-state index contributed by atoms with van der Waals surface area (Å²) in [6, 6.07) is 18.7. The number of benzene rings is 1. The first-order chi connectivity index (χ1) is 13.8. The van der Waals surface area contributed by atoms with Gasteiger partial charge in [0.1, 0.15) is 0 Å². The standard InChI is InChI=1S/C22H27N5O/c28-22(23-11-6-9-19-7-2-1-3-8-19)26-15-13-25(14-16-26)18-20-17-21-10-4-5-12-27(21)24-20/h1-5,7-8,10,12,17H,6,9,11,13-16,18H2,(H,23,28). The highest BCUT2D eigenvalue weighted by Gasteiger charge is 2.21. The van der Waals surface area contributed by atoms with Crippen molar-refractivity contribution in [3.63, 3.8) is 0 Å². The van der Waals surface area contributed by atoms with Crippen molar-refractivity contribution in [1.29, 1.82) is 0 Å². The summed E-state index contributed by atoms with van der Waals surface area (Å²) < 4.78 is 1.91. The van der Waals surface area contributed by atoms with Crippen molar-refractivity contribution in [2.24, 2.45) is 0 Å². The number of aryl methyl sites for hydroxylation is 1. The summed E-state index contributed by atoms with van der Waals surface area (Å²) in [5.41, 5.74) is 3.51. The quantitative estimate of drug-likeness (QED) is 0.672. The molecule has 6 nitrogen and oxygen atoms in total. The third-order valence-corrected chi connectivity index (χ3v) is 5.23. The molecule has 0 radical (unpaired) electrons. The summed E-state index contributed by atoms with van der Waals surface area (Å²) in [5.74, 6) is 0. The summed E-state index contributed by atoms with van der Waals surface area (Å²) in [6.07, 6.45) is 3.93. The van der Waals surface area contributed by atoms with Crippen LogP contribution in [0, 0.1) is 0 Å². The second-order valence-electron chi connectivity index (χ2n) is 7.29. The van der Waals surface area contributed by atoms with Gasteiger partial charge in [-0.1, -0.05) is 36.4 Å². The molecule has 0 spiro atoms. The number of carbonyl (C=O) groups excluding carboxylic acids is 1. The Kier molecular flexibility index (Phi) is 5.87. The third kappa shape index (κ3) is 4.70. The van der Waals surface area contributed by atoms with E-state index in [1.165, 1.54) is 5.56 Å². The molecule has 0 atom stereocenters. The van der Waals surface area contributed by atoms with Gasteiger partial charge in [0.2, 0.25) is 0 Å². The topological polar surface area (TPSA) is 52.9 Å². The summed E-state index contributed by atoms with van der Waals surface area (Å²) in [5, 5.41) is 7.68. The summed E-state index contributed by atoms with van der Waals surface area (Å²) in [6.45, 7) is 4.83. The van der Waals surface area contributed by atoms with E-state index in [1.54, 1.807) is 0 Å². The molecule has 0 unspecified atom stereocenters. The van der Waals surface area contributed by atoms with Crippen molar-refractivity contribution in [3.05, 3.63) is 72.1 Å². The van der Waals surface area contributed by atoms with Crippen LogP contribution in [0.3, 0.4) is 0 Å². The molecule has 0 aliphatic carbocycles. The number of aromatic nitrogens is 2. The minimum atomic E-state index is 0.0560. The molecule has 1 aliphatic heterocycles. The second kappa shape index (κ2) is 8.89. The Balaban J connectivity index is 1.17. The summed E-state index contributed by atoms with van der Waals surface area (Å²) in [7, 11) is 0. The van der Waals surface area contributed by atoms with Gasteiger partial charge < -0.3 is 10.2 Å². The first-order valence-electron chi connectivity index (χ1n) is 10.0. The predicted molar refractivity (Wildman–Crippen MR) is 110 cm³/mol. The average Bonchev–Trinajstić information content (AvgIpc) is 3.14. The smallest absolute Gasteiger partial charge is 0.317 e. The fourth-order valence-corrected chi connectivity index (χ4v) is 3.65. The number of piperazine rings is 1. The van der Waals surface area contributed by atoms with Gasteiger partial charge in [0.25, 0.3) is 0 Å². The normalized spacial score (nSPS) is 15.1. The minimum Gasteiger partial charge on any atom is -0.338 e. The van der Waals surface area contributed by atoms with Crippen LogP contribution < -0.4 is 5.32 Å². The van der Waals surface area contributed by atoms with Crippen LogP contribution in [0.5, 0.6) is 0 Å². The van der Waals surface area contributed by atoms with Crippen molar-refractivity contribution < 1.29 is 4.79 Å². The van der Waals surface area contributed by atoms with Gasteiger partial charge in [-0.05, 0) is 36.6 Å². The lowest BCUT2D eigenvalue weighted by molar-refractivity contribution is 0.134. The van der Waals surface area contributed by atoms with Gasteiger partial charge in [-0.2, -0.15) is 5.10 Å².